The third kappa shape index (κ3) is 5.56. The van der Waals surface area contributed by atoms with Crippen LogP contribution in [-0.2, 0) is 17.8 Å². The maximum atomic E-state index is 12.3. The number of benzene rings is 2. The van der Waals surface area contributed by atoms with Crippen LogP contribution in [0.1, 0.15) is 29.7 Å². The number of hydrogen-bond acceptors (Lipinski definition) is 3. The molecule has 1 aromatic heterocycles. The van der Waals surface area contributed by atoms with Crippen LogP contribution < -0.4 is 10.1 Å². The molecule has 1 heterocycles. The molecule has 1 N–H and O–H groups in total. The molecule has 138 valence electrons. The van der Waals surface area contributed by atoms with E-state index in [9.17, 15) is 4.79 Å². The Bertz CT molecular complexity index is 882. The van der Waals surface area contributed by atoms with E-state index in [1.807, 2.05) is 61.5 Å². The number of nitrogens with one attached hydrogen (secondary N) is 1. The Morgan fingerprint density at radius 2 is 1.89 bits per heavy atom. The van der Waals surface area contributed by atoms with Crippen LogP contribution >= 0.6 is 11.6 Å². The van der Waals surface area contributed by atoms with Gasteiger partial charge in [-0.1, -0.05) is 48.0 Å². The molecule has 3 rings (SSSR count). The first kappa shape index (κ1) is 18.9. The van der Waals surface area contributed by atoms with Crippen LogP contribution in [0.3, 0.4) is 0 Å². The van der Waals surface area contributed by atoms with Gasteiger partial charge in [0.25, 0.3) is 0 Å². The Balaban J connectivity index is 1.53. The van der Waals surface area contributed by atoms with Crippen LogP contribution in [0.15, 0.2) is 73.1 Å². The van der Waals surface area contributed by atoms with E-state index in [0.717, 1.165) is 22.4 Å². The molecule has 27 heavy (non-hydrogen) atoms. The summed E-state index contributed by atoms with van der Waals surface area (Å²) in [5.74, 6) is 0.713. The lowest BCUT2D eigenvalue weighted by atomic mass is 10.1. The molecule has 0 fully saturated rings. The van der Waals surface area contributed by atoms with Gasteiger partial charge in [0.1, 0.15) is 12.4 Å². The van der Waals surface area contributed by atoms with Gasteiger partial charge in [0.2, 0.25) is 5.91 Å². The average molecular weight is 381 g/mol. The lowest BCUT2D eigenvalue weighted by Gasteiger charge is -2.15. The van der Waals surface area contributed by atoms with Crippen LogP contribution in [-0.4, -0.2) is 10.9 Å². The van der Waals surface area contributed by atoms with Gasteiger partial charge >= 0.3 is 0 Å². The Morgan fingerprint density at radius 3 is 2.59 bits per heavy atom. The van der Waals surface area contributed by atoms with E-state index in [1.165, 1.54) is 0 Å². The molecule has 1 amide bonds. The normalized spacial score (nSPS) is 11.6. The van der Waals surface area contributed by atoms with Crippen LogP contribution in [0.5, 0.6) is 5.75 Å². The third-order valence-electron chi connectivity index (χ3n) is 4.19. The van der Waals surface area contributed by atoms with Crippen LogP contribution in [0.25, 0.3) is 0 Å². The summed E-state index contributed by atoms with van der Waals surface area (Å²) in [5, 5.41) is 3.61. The van der Waals surface area contributed by atoms with Gasteiger partial charge in [0, 0.05) is 23.0 Å². The van der Waals surface area contributed by atoms with Crippen molar-refractivity contribution >= 4 is 17.5 Å². The Hall–Kier alpha value is -2.85. The average Bonchev–Trinajstić information content (AvgIpc) is 2.69. The minimum atomic E-state index is -0.104. The lowest BCUT2D eigenvalue weighted by molar-refractivity contribution is -0.121. The van der Waals surface area contributed by atoms with Crippen molar-refractivity contribution in [2.45, 2.75) is 26.0 Å². The second-order valence-corrected chi connectivity index (χ2v) is 6.68. The minimum absolute atomic E-state index is 0.0625. The van der Waals surface area contributed by atoms with Gasteiger partial charge < -0.3 is 10.1 Å². The number of ether oxygens (including phenoxy) is 1. The molecule has 2 aromatic carbocycles. The van der Waals surface area contributed by atoms with Gasteiger partial charge in [-0.05, 0) is 42.3 Å². The zero-order valence-electron chi connectivity index (χ0n) is 15.1. The highest BCUT2D eigenvalue weighted by molar-refractivity contribution is 6.31. The fourth-order valence-electron chi connectivity index (χ4n) is 2.69. The highest BCUT2D eigenvalue weighted by atomic mass is 35.5. The smallest absolute Gasteiger partial charge is 0.224 e. The summed E-state index contributed by atoms with van der Waals surface area (Å²) < 4.78 is 5.76. The van der Waals surface area contributed by atoms with Crippen LogP contribution in [0.2, 0.25) is 5.02 Å². The quantitative estimate of drug-likeness (QED) is 0.644. The zero-order chi connectivity index (χ0) is 19.1. The molecule has 0 spiro atoms. The zero-order valence-corrected chi connectivity index (χ0v) is 15.8. The van der Waals surface area contributed by atoms with Gasteiger partial charge in [-0.25, -0.2) is 0 Å². The van der Waals surface area contributed by atoms with E-state index in [0.29, 0.717) is 11.6 Å². The second-order valence-electron chi connectivity index (χ2n) is 6.28. The second kappa shape index (κ2) is 9.19. The number of nitrogens with zero attached hydrogens (tertiary/aromatic N) is 1. The molecule has 5 heteroatoms. The summed E-state index contributed by atoms with van der Waals surface area (Å²) in [4.78, 5) is 16.3. The highest BCUT2D eigenvalue weighted by Crippen LogP contribution is 2.20. The van der Waals surface area contributed by atoms with Crippen molar-refractivity contribution in [3.63, 3.8) is 0 Å². The predicted octanol–water partition coefficient (Wildman–Crippen LogP) is 4.73. The van der Waals surface area contributed by atoms with E-state index < -0.39 is 0 Å². The molecule has 4 nitrogen and oxygen atoms in total. The molecule has 0 bridgehead atoms. The molecule has 0 aliphatic heterocycles. The van der Waals surface area contributed by atoms with E-state index in [4.69, 9.17) is 16.3 Å². The van der Waals surface area contributed by atoms with Crippen molar-refractivity contribution in [3.05, 3.63) is 94.8 Å². The van der Waals surface area contributed by atoms with Crippen molar-refractivity contribution < 1.29 is 9.53 Å². The maximum Gasteiger partial charge on any atom is 0.224 e. The first-order valence-electron chi connectivity index (χ1n) is 8.76. The molecule has 0 radical (unpaired) electrons. The lowest BCUT2D eigenvalue weighted by Crippen LogP contribution is -2.28. The first-order valence-corrected chi connectivity index (χ1v) is 9.14. The number of amides is 1. The Morgan fingerprint density at radius 1 is 1.11 bits per heavy atom. The summed E-state index contributed by atoms with van der Waals surface area (Å²) in [7, 11) is 0. The fourth-order valence-corrected chi connectivity index (χ4v) is 2.90. The monoisotopic (exact) mass is 380 g/mol. The Labute approximate surface area is 164 Å². The van der Waals surface area contributed by atoms with E-state index in [1.54, 1.807) is 18.5 Å². The topological polar surface area (TPSA) is 51.2 Å². The molecule has 0 unspecified atom stereocenters. The number of aromatic nitrogens is 1. The third-order valence-corrected chi connectivity index (χ3v) is 4.56. The van der Waals surface area contributed by atoms with E-state index >= 15 is 0 Å². The van der Waals surface area contributed by atoms with Crippen molar-refractivity contribution in [3.8, 4) is 5.75 Å². The largest absolute Gasteiger partial charge is 0.489 e. The van der Waals surface area contributed by atoms with Crippen molar-refractivity contribution in [2.24, 2.45) is 0 Å². The summed E-state index contributed by atoms with van der Waals surface area (Å²) in [5.41, 5.74) is 2.85. The maximum absolute atomic E-state index is 12.3. The summed E-state index contributed by atoms with van der Waals surface area (Å²) in [6.07, 6.45) is 3.78. The predicted molar refractivity (Wildman–Crippen MR) is 107 cm³/mol. The Kier molecular flexibility index (Phi) is 6.44. The van der Waals surface area contributed by atoms with Crippen molar-refractivity contribution in [1.82, 2.24) is 10.3 Å². The molecular weight excluding hydrogens is 360 g/mol. The summed E-state index contributed by atoms with van der Waals surface area (Å²) >= 11 is 6.12. The van der Waals surface area contributed by atoms with E-state index in [-0.39, 0.29) is 18.4 Å². The van der Waals surface area contributed by atoms with Crippen LogP contribution in [0.4, 0.5) is 0 Å². The van der Waals surface area contributed by atoms with Gasteiger partial charge in [-0.3, -0.25) is 9.78 Å². The van der Waals surface area contributed by atoms with Crippen molar-refractivity contribution in [1.29, 1.82) is 0 Å². The van der Waals surface area contributed by atoms with Gasteiger partial charge in [-0.15, -0.1) is 0 Å². The number of halogens is 1. The molecule has 3 aromatic rings. The van der Waals surface area contributed by atoms with Gasteiger partial charge in [0.15, 0.2) is 0 Å². The van der Waals surface area contributed by atoms with E-state index in [2.05, 4.69) is 10.3 Å². The number of carbonyl (C=O) groups excluding carboxylic acids is 1. The molecule has 0 saturated heterocycles. The molecule has 1 atom stereocenters. The first-order chi connectivity index (χ1) is 13.1. The van der Waals surface area contributed by atoms with Gasteiger partial charge in [-0.2, -0.15) is 0 Å². The van der Waals surface area contributed by atoms with Crippen LogP contribution in [0, 0.1) is 0 Å². The number of pyridine rings is 1. The standard InChI is InChI=1S/C22H21ClN2O2/c1-16(25-22(26)13-19-6-2-3-7-21(19)23)18-8-10-20(11-9-18)27-15-17-5-4-12-24-14-17/h2-12,14,16H,13,15H2,1H3,(H,25,26)/t16-/m1/s1. The van der Waals surface area contributed by atoms with Gasteiger partial charge in [0.05, 0.1) is 12.5 Å². The number of carbonyl (C=O) groups is 1. The fraction of sp³-hybridized carbons (Fsp3) is 0.182. The minimum Gasteiger partial charge on any atom is -0.489 e. The molecule has 0 aliphatic rings. The number of hydrogen-bond donors (Lipinski definition) is 1. The molecule has 0 aliphatic carbocycles. The SMILES string of the molecule is C[C@@H](NC(=O)Cc1ccccc1Cl)c1ccc(OCc2cccnc2)cc1. The number of rotatable bonds is 7. The summed E-state index contributed by atoms with van der Waals surface area (Å²) in [6.45, 7) is 2.42. The molecule has 0 saturated carbocycles. The molecular formula is C22H21ClN2O2. The van der Waals surface area contributed by atoms with Crippen molar-refractivity contribution in [2.75, 3.05) is 0 Å². The highest BCUT2D eigenvalue weighted by Gasteiger charge is 2.11. The summed E-state index contributed by atoms with van der Waals surface area (Å²) in [6, 6.07) is 18.9.